The lowest BCUT2D eigenvalue weighted by Crippen LogP contribution is -2.30. The molecule has 0 aliphatic rings. The first-order valence-electron chi connectivity index (χ1n) is 6.61. The normalized spacial score (nSPS) is 12.7. The summed E-state index contributed by atoms with van der Waals surface area (Å²) in [4.78, 5) is 2.18. The van der Waals surface area contributed by atoms with Crippen molar-refractivity contribution in [2.24, 2.45) is 5.73 Å². The number of nitrogens with two attached hydrogens (primary N) is 1. The van der Waals surface area contributed by atoms with Gasteiger partial charge in [-0.15, -0.1) is 0 Å². The molecule has 0 fully saturated rings. The Morgan fingerprint density at radius 2 is 1.81 bits per heavy atom. The Morgan fingerprint density at radius 1 is 1.14 bits per heavy atom. The number of hydrogen-bond donors (Lipinski definition) is 1. The smallest absolute Gasteiger partial charge is 0.0486 e. The molecule has 0 aliphatic heterocycles. The van der Waals surface area contributed by atoms with Gasteiger partial charge in [-0.25, -0.2) is 0 Å². The second-order valence-electron chi connectivity index (χ2n) is 4.96. The first-order valence-corrected chi connectivity index (χ1v) is 8.16. The van der Waals surface area contributed by atoms with Crippen LogP contribution in [-0.4, -0.2) is 18.5 Å². The van der Waals surface area contributed by atoms with Crippen molar-refractivity contribution in [3.63, 3.8) is 0 Å². The molecule has 1 atom stereocenters. The van der Waals surface area contributed by atoms with Gasteiger partial charge in [-0.1, -0.05) is 51.3 Å². The van der Waals surface area contributed by atoms with Crippen LogP contribution in [-0.2, 0) is 6.54 Å². The van der Waals surface area contributed by atoms with E-state index in [1.165, 1.54) is 5.56 Å². The fraction of sp³-hybridized carbons (Fsp3) is 0.250. The van der Waals surface area contributed by atoms with Crippen molar-refractivity contribution in [1.82, 2.24) is 4.90 Å². The molecule has 2 rings (SSSR count). The molecular formula is C16H17BrCl2N2. The highest BCUT2D eigenvalue weighted by molar-refractivity contribution is 9.10. The maximum Gasteiger partial charge on any atom is 0.0486 e. The summed E-state index contributed by atoms with van der Waals surface area (Å²) in [5.41, 5.74) is 8.14. The number of rotatable bonds is 5. The fourth-order valence-electron chi connectivity index (χ4n) is 2.30. The van der Waals surface area contributed by atoms with Gasteiger partial charge in [0.25, 0.3) is 0 Å². The molecule has 2 aromatic rings. The van der Waals surface area contributed by atoms with Crippen LogP contribution in [0.15, 0.2) is 46.9 Å². The second kappa shape index (κ2) is 7.61. The molecule has 0 saturated heterocycles. The van der Waals surface area contributed by atoms with Gasteiger partial charge in [0.2, 0.25) is 0 Å². The van der Waals surface area contributed by atoms with Crippen LogP contribution in [0.1, 0.15) is 17.2 Å². The molecule has 2 aromatic carbocycles. The number of nitrogens with zero attached hydrogens (tertiary/aromatic N) is 1. The zero-order chi connectivity index (χ0) is 15.4. The van der Waals surface area contributed by atoms with Crippen molar-refractivity contribution < 1.29 is 0 Å². The SMILES string of the molecule is CN(Cc1ccc(Br)cc1)C(CN)c1cc(Cl)ccc1Cl. The minimum atomic E-state index is 0.0276. The summed E-state index contributed by atoms with van der Waals surface area (Å²) in [6.45, 7) is 1.27. The van der Waals surface area contributed by atoms with Gasteiger partial charge < -0.3 is 5.73 Å². The lowest BCUT2D eigenvalue weighted by Gasteiger charge is -2.28. The summed E-state index contributed by atoms with van der Waals surface area (Å²) in [6.07, 6.45) is 0. The van der Waals surface area contributed by atoms with Gasteiger partial charge in [-0.05, 0) is 48.5 Å². The summed E-state index contributed by atoms with van der Waals surface area (Å²) in [5, 5.41) is 1.36. The largest absolute Gasteiger partial charge is 0.329 e. The van der Waals surface area contributed by atoms with Crippen LogP contribution >= 0.6 is 39.1 Å². The molecule has 0 bridgehead atoms. The van der Waals surface area contributed by atoms with Crippen LogP contribution in [0.4, 0.5) is 0 Å². The number of halogens is 3. The maximum atomic E-state index is 6.29. The molecule has 21 heavy (non-hydrogen) atoms. The summed E-state index contributed by atoms with van der Waals surface area (Å²) in [7, 11) is 2.04. The van der Waals surface area contributed by atoms with E-state index in [2.05, 4.69) is 33.0 Å². The third kappa shape index (κ3) is 4.44. The Kier molecular flexibility index (Phi) is 6.08. The standard InChI is InChI=1S/C16H17BrCl2N2/c1-21(10-11-2-4-12(17)5-3-11)16(9-20)14-8-13(18)6-7-15(14)19/h2-8,16H,9-10,20H2,1H3. The summed E-state index contributed by atoms with van der Waals surface area (Å²) >= 11 is 15.8. The molecular weight excluding hydrogens is 371 g/mol. The van der Waals surface area contributed by atoms with Gasteiger partial charge in [0.15, 0.2) is 0 Å². The number of hydrogen-bond acceptors (Lipinski definition) is 2. The predicted octanol–water partition coefficient (Wildman–Crippen LogP) is 4.89. The van der Waals surface area contributed by atoms with E-state index in [4.69, 9.17) is 28.9 Å². The lowest BCUT2D eigenvalue weighted by atomic mass is 10.0. The van der Waals surface area contributed by atoms with Crippen molar-refractivity contribution >= 4 is 39.1 Å². The van der Waals surface area contributed by atoms with Crippen molar-refractivity contribution in [3.8, 4) is 0 Å². The zero-order valence-electron chi connectivity index (χ0n) is 11.7. The number of benzene rings is 2. The predicted molar refractivity (Wildman–Crippen MR) is 93.9 cm³/mol. The molecule has 2 N–H and O–H groups in total. The van der Waals surface area contributed by atoms with E-state index >= 15 is 0 Å². The molecule has 1 unspecified atom stereocenters. The van der Waals surface area contributed by atoms with Gasteiger partial charge in [-0.2, -0.15) is 0 Å². The van der Waals surface area contributed by atoms with Crippen LogP contribution in [0.25, 0.3) is 0 Å². The highest BCUT2D eigenvalue weighted by atomic mass is 79.9. The first kappa shape index (κ1) is 16.8. The van der Waals surface area contributed by atoms with Crippen LogP contribution < -0.4 is 5.73 Å². The van der Waals surface area contributed by atoms with Crippen LogP contribution in [0.3, 0.4) is 0 Å². The summed E-state index contributed by atoms with van der Waals surface area (Å²) < 4.78 is 1.07. The quantitative estimate of drug-likeness (QED) is 0.791. The van der Waals surface area contributed by atoms with Crippen LogP contribution in [0.2, 0.25) is 10.0 Å². The summed E-state index contributed by atoms with van der Waals surface area (Å²) in [5.74, 6) is 0. The Hall–Kier alpha value is -0.580. The molecule has 0 saturated carbocycles. The molecule has 112 valence electrons. The molecule has 0 radical (unpaired) electrons. The van der Waals surface area contributed by atoms with Crippen LogP contribution in [0.5, 0.6) is 0 Å². The molecule has 5 heteroatoms. The van der Waals surface area contributed by atoms with E-state index in [0.717, 1.165) is 16.6 Å². The van der Waals surface area contributed by atoms with E-state index in [1.54, 1.807) is 6.07 Å². The van der Waals surface area contributed by atoms with E-state index in [1.807, 2.05) is 31.3 Å². The molecule has 0 amide bonds. The fourth-order valence-corrected chi connectivity index (χ4v) is 2.99. The average molecular weight is 388 g/mol. The lowest BCUT2D eigenvalue weighted by molar-refractivity contribution is 0.242. The van der Waals surface area contributed by atoms with E-state index < -0.39 is 0 Å². The zero-order valence-corrected chi connectivity index (χ0v) is 14.8. The molecule has 0 aliphatic carbocycles. The molecule has 0 spiro atoms. The minimum absolute atomic E-state index is 0.0276. The summed E-state index contributed by atoms with van der Waals surface area (Å²) in [6, 6.07) is 13.8. The Morgan fingerprint density at radius 3 is 2.43 bits per heavy atom. The minimum Gasteiger partial charge on any atom is -0.329 e. The second-order valence-corrected chi connectivity index (χ2v) is 6.72. The molecule has 0 heterocycles. The molecule has 0 aromatic heterocycles. The first-order chi connectivity index (χ1) is 10.0. The van der Waals surface area contributed by atoms with Gasteiger partial charge in [0.05, 0.1) is 0 Å². The molecule has 2 nitrogen and oxygen atoms in total. The van der Waals surface area contributed by atoms with Crippen molar-refractivity contribution in [1.29, 1.82) is 0 Å². The Bertz CT molecular complexity index is 602. The van der Waals surface area contributed by atoms with Gasteiger partial charge in [-0.3, -0.25) is 4.90 Å². The van der Waals surface area contributed by atoms with Crippen molar-refractivity contribution in [2.75, 3.05) is 13.6 Å². The Balaban J connectivity index is 2.20. The highest BCUT2D eigenvalue weighted by Gasteiger charge is 2.18. The van der Waals surface area contributed by atoms with E-state index in [-0.39, 0.29) is 6.04 Å². The third-order valence-electron chi connectivity index (χ3n) is 3.42. The number of likely N-dealkylation sites (N-methyl/N-ethyl adjacent to an activating group) is 1. The van der Waals surface area contributed by atoms with E-state index in [0.29, 0.717) is 16.6 Å². The monoisotopic (exact) mass is 386 g/mol. The van der Waals surface area contributed by atoms with Crippen molar-refractivity contribution in [3.05, 3.63) is 68.1 Å². The maximum absolute atomic E-state index is 6.29. The average Bonchev–Trinajstić information content (AvgIpc) is 2.46. The van der Waals surface area contributed by atoms with Gasteiger partial charge in [0.1, 0.15) is 0 Å². The Labute approximate surface area is 144 Å². The topological polar surface area (TPSA) is 29.3 Å². The highest BCUT2D eigenvalue weighted by Crippen LogP contribution is 2.29. The van der Waals surface area contributed by atoms with Gasteiger partial charge in [0, 0.05) is 33.6 Å². The third-order valence-corrected chi connectivity index (χ3v) is 4.53. The van der Waals surface area contributed by atoms with Crippen LogP contribution in [0, 0.1) is 0 Å². The van der Waals surface area contributed by atoms with Gasteiger partial charge >= 0.3 is 0 Å². The van der Waals surface area contributed by atoms with E-state index in [9.17, 15) is 0 Å². The van der Waals surface area contributed by atoms with Crippen molar-refractivity contribution in [2.45, 2.75) is 12.6 Å².